The minimum atomic E-state index is 0.0524. The summed E-state index contributed by atoms with van der Waals surface area (Å²) < 4.78 is 0. The van der Waals surface area contributed by atoms with Crippen LogP contribution in [0, 0.1) is 5.92 Å². The summed E-state index contributed by atoms with van der Waals surface area (Å²) in [6.07, 6.45) is 2.05. The van der Waals surface area contributed by atoms with Crippen LogP contribution in [0.5, 0.6) is 0 Å². The predicted molar refractivity (Wildman–Crippen MR) is 101 cm³/mol. The van der Waals surface area contributed by atoms with E-state index in [4.69, 9.17) is 0 Å². The number of hydrogen-bond donors (Lipinski definition) is 2. The number of guanidine groups is 1. The molecule has 1 heterocycles. The monoisotopic (exact) mass is 330 g/mol. The molecule has 0 aromatic heterocycles. The lowest BCUT2D eigenvalue weighted by Crippen LogP contribution is -2.45. The Kier molecular flexibility index (Phi) is 6.64. The first-order valence-electron chi connectivity index (χ1n) is 8.96. The molecular formula is C19H30N4O. The third kappa shape index (κ3) is 4.73. The van der Waals surface area contributed by atoms with Crippen LogP contribution in [-0.2, 0) is 11.2 Å². The second-order valence-corrected chi connectivity index (χ2v) is 6.65. The fourth-order valence-electron chi connectivity index (χ4n) is 2.73. The average molecular weight is 330 g/mol. The van der Waals surface area contributed by atoms with Gasteiger partial charge >= 0.3 is 0 Å². The van der Waals surface area contributed by atoms with Crippen molar-refractivity contribution >= 4 is 17.6 Å². The predicted octanol–water partition coefficient (Wildman–Crippen LogP) is 2.57. The molecule has 0 spiro atoms. The smallest absolute Gasteiger partial charge is 0.248 e. The van der Waals surface area contributed by atoms with Crippen molar-refractivity contribution < 1.29 is 4.79 Å². The quantitative estimate of drug-likeness (QED) is 0.644. The summed E-state index contributed by atoms with van der Waals surface area (Å²) in [6.45, 7) is 10.2. The number of anilines is 1. The highest BCUT2D eigenvalue weighted by molar-refractivity contribution is 5.97. The van der Waals surface area contributed by atoms with Crippen LogP contribution in [0.2, 0.25) is 0 Å². The van der Waals surface area contributed by atoms with Crippen LogP contribution < -0.4 is 15.5 Å². The van der Waals surface area contributed by atoms with Gasteiger partial charge in [0.1, 0.15) is 6.54 Å². The van der Waals surface area contributed by atoms with Crippen LogP contribution in [0.15, 0.2) is 29.3 Å². The molecule has 1 aliphatic heterocycles. The van der Waals surface area contributed by atoms with E-state index in [0.29, 0.717) is 17.9 Å². The highest BCUT2D eigenvalue weighted by Crippen LogP contribution is 2.26. The fraction of sp³-hybridized carbons (Fsp3) is 0.579. The number of hydrogen-bond acceptors (Lipinski definition) is 2. The molecule has 1 amide bonds. The number of carbonyl (C=O) groups excluding carboxylic acids is 1. The summed E-state index contributed by atoms with van der Waals surface area (Å²) >= 11 is 0. The second kappa shape index (κ2) is 8.71. The fourth-order valence-corrected chi connectivity index (χ4v) is 2.73. The Hall–Kier alpha value is -2.04. The number of nitrogens with zero attached hydrogens (tertiary/aromatic N) is 2. The highest BCUT2D eigenvalue weighted by Gasteiger charge is 2.21. The zero-order valence-corrected chi connectivity index (χ0v) is 15.3. The van der Waals surface area contributed by atoms with Crippen molar-refractivity contribution in [3.05, 3.63) is 29.8 Å². The van der Waals surface area contributed by atoms with Crippen LogP contribution in [0.25, 0.3) is 0 Å². The number of aliphatic imine (C=N–C) groups is 1. The van der Waals surface area contributed by atoms with E-state index in [0.717, 1.165) is 31.6 Å². The van der Waals surface area contributed by atoms with Gasteiger partial charge in [-0.1, -0.05) is 32.0 Å². The largest absolute Gasteiger partial charge is 0.357 e. The third-order valence-corrected chi connectivity index (χ3v) is 4.49. The van der Waals surface area contributed by atoms with E-state index in [9.17, 15) is 4.79 Å². The maximum Gasteiger partial charge on any atom is 0.248 e. The maximum atomic E-state index is 12.7. The number of carbonyl (C=O) groups is 1. The minimum absolute atomic E-state index is 0.0524. The van der Waals surface area contributed by atoms with E-state index in [1.54, 1.807) is 0 Å². The molecule has 0 radical (unpaired) electrons. The Morgan fingerprint density at radius 2 is 2.04 bits per heavy atom. The molecule has 0 saturated carbocycles. The molecule has 1 aromatic rings. The summed E-state index contributed by atoms with van der Waals surface area (Å²) in [5.41, 5.74) is 2.29. The van der Waals surface area contributed by atoms with Crippen molar-refractivity contribution in [2.24, 2.45) is 10.9 Å². The number of fused-ring (bicyclic) bond motifs is 1. The van der Waals surface area contributed by atoms with Gasteiger partial charge in [0, 0.05) is 24.8 Å². The summed E-state index contributed by atoms with van der Waals surface area (Å²) in [5, 5.41) is 6.58. The SMILES string of the molecule is CCNC(=NCC(=O)N1CCCc2ccccc21)NC(C)C(C)C. The number of para-hydroxylation sites is 1. The van der Waals surface area contributed by atoms with Crippen molar-refractivity contribution in [2.45, 2.75) is 46.6 Å². The standard InChI is InChI=1S/C19H30N4O/c1-5-20-19(22-15(4)14(2)3)21-13-18(24)23-12-8-10-16-9-6-7-11-17(16)23/h6-7,9,11,14-15H,5,8,10,12-13H2,1-4H3,(H2,20,21,22). The van der Waals surface area contributed by atoms with Gasteiger partial charge in [0.05, 0.1) is 0 Å². The van der Waals surface area contributed by atoms with Crippen molar-refractivity contribution in [2.75, 3.05) is 24.5 Å². The first kappa shape index (κ1) is 18.3. The van der Waals surface area contributed by atoms with Gasteiger partial charge in [0.15, 0.2) is 5.96 Å². The van der Waals surface area contributed by atoms with Crippen molar-refractivity contribution in [3.8, 4) is 0 Å². The van der Waals surface area contributed by atoms with E-state index >= 15 is 0 Å². The van der Waals surface area contributed by atoms with E-state index < -0.39 is 0 Å². The van der Waals surface area contributed by atoms with Gasteiger partial charge in [-0.25, -0.2) is 4.99 Å². The van der Waals surface area contributed by atoms with Gasteiger partial charge in [-0.3, -0.25) is 4.79 Å². The molecule has 24 heavy (non-hydrogen) atoms. The number of rotatable bonds is 5. The Balaban J connectivity index is 2.05. The van der Waals surface area contributed by atoms with Gasteiger partial charge in [0.2, 0.25) is 5.91 Å². The number of benzene rings is 1. The van der Waals surface area contributed by atoms with Crippen LogP contribution in [0.3, 0.4) is 0 Å². The summed E-state index contributed by atoms with van der Waals surface area (Å²) in [7, 11) is 0. The highest BCUT2D eigenvalue weighted by atomic mass is 16.2. The zero-order chi connectivity index (χ0) is 17.5. The van der Waals surface area contributed by atoms with Crippen molar-refractivity contribution in [1.29, 1.82) is 0 Å². The molecule has 0 fully saturated rings. The van der Waals surface area contributed by atoms with Gasteiger partial charge < -0.3 is 15.5 Å². The Labute approximate surface area is 145 Å². The topological polar surface area (TPSA) is 56.7 Å². The molecule has 5 heteroatoms. The summed E-state index contributed by atoms with van der Waals surface area (Å²) in [4.78, 5) is 19.0. The zero-order valence-electron chi connectivity index (χ0n) is 15.3. The maximum absolute atomic E-state index is 12.7. The second-order valence-electron chi connectivity index (χ2n) is 6.65. The van der Waals surface area contributed by atoms with Gasteiger partial charge in [0.25, 0.3) is 0 Å². The first-order chi connectivity index (χ1) is 11.5. The van der Waals surface area contributed by atoms with E-state index in [2.05, 4.69) is 42.5 Å². The molecule has 1 aromatic carbocycles. The first-order valence-corrected chi connectivity index (χ1v) is 8.96. The molecule has 1 unspecified atom stereocenters. The van der Waals surface area contributed by atoms with Crippen LogP contribution in [-0.4, -0.2) is 37.5 Å². The lowest BCUT2D eigenvalue weighted by Gasteiger charge is -2.29. The van der Waals surface area contributed by atoms with Crippen molar-refractivity contribution in [1.82, 2.24) is 10.6 Å². The summed E-state index contributed by atoms with van der Waals surface area (Å²) in [5.74, 6) is 1.26. The number of aryl methyl sites for hydroxylation is 1. The molecule has 2 rings (SSSR count). The molecule has 132 valence electrons. The average Bonchev–Trinajstić information content (AvgIpc) is 2.58. The van der Waals surface area contributed by atoms with Crippen molar-refractivity contribution in [3.63, 3.8) is 0 Å². The molecular weight excluding hydrogens is 300 g/mol. The lowest BCUT2D eigenvalue weighted by molar-refractivity contribution is -0.117. The molecule has 1 aliphatic rings. The molecule has 0 bridgehead atoms. The third-order valence-electron chi connectivity index (χ3n) is 4.49. The van der Waals surface area contributed by atoms with E-state index in [-0.39, 0.29) is 12.5 Å². The van der Waals surface area contributed by atoms with E-state index in [1.165, 1.54) is 5.56 Å². The Bertz CT molecular complexity index is 582. The molecule has 5 nitrogen and oxygen atoms in total. The summed E-state index contributed by atoms with van der Waals surface area (Å²) in [6, 6.07) is 8.46. The van der Waals surface area contributed by atoms with Gasteiger partial charge in [-0.15, -0.1) is 0 Å². The normalized spacial score (nSPS) is 15.9. The van der Waals surface area contributed by atoms with Crippen LogP contribution in [0.1, 0.15) is 39.7 Å². The Morgan fingerprint density at radius 3 is 2.75 bits per heavy atom. The number of amides is 1. The molecule has 0 saturated heterocycles. The minimum Gasteiger partial charge on any atom is -0.357 e. The number of nitrogens with one attached hydrogen (secondary N) is 2. The van der Waals surface area contributed by atoms with Gasteiger partial charge in [-0.05, 0) is 44.2 Å². The van der Waals surface area contributed by atoms with Crippen LogP contribution in [0.4, 0.5) is 5.69 Å². The molecule has 0 aliphatic carbocycles. The molecule has 2 N–H and O–H groups in total. The Morgan fingerprint density at radius 1 is 1.29 bits per heavy atom. The lowest BCUT2D eigenvalue weighted by atomic mass is 10.0. The molecule has 1 atom stereocenters. The van der Waals surface area contributed by atoms with Gasteiger partial charge in [-0.2, -0.15) is 0 Å². The van der Waals surface area contributed by atoms with E-state index in [1.807, 2.05) is 30.0 Å². The van der Waals surface area contributed by atoms with Crippen LogP contribution >= 0.6 is 0 Å².